The molecule has 0 radical (unpaired) electrons. The van der Waals surface area contributed by atoms with Crippen LogP contribution in [0.2, 0.25) is 0 Å². The summed E-state index contributed by atoms with van der Waals surface area (Å²) in [6.07, 6.45) is 0. The molecular weight excluding hydrogens is 328 g/mol. The van der Waals surface area contributed by atoms with Gasteiger partial charge in [0, 0.05) is 0 Å². The van der Waals surface area contributed by atoms with Crippen molar-refractivity contribution in [3.8, 4) is 0 Å². The molecule has 70 valence electrons. The Kier molecular flexibility index (Phi) is 12.7. The average Bonchev–Trinajstić information content (AvgIpc) is 2.85. The van der Waals surface area contributed by atoms with Gasteiger partial charge in [-0.2, -0.15) is 36.4 Å². The molecule has 0 aliphatic rings. The molecule has 0 aromatic heterocycles. The van der Waals surface area contributed by atoms with Crippen LogP contribution in [0.15, 0.2) is 60.7 Å². The molecule has 0 spiro atoms. The molecule has 0 fully saturated rings. The van der Waals surface area contributed by atoms with E-state index in [1.807, 2.05) is 60.7 Å². The number of rotatable bonds is 0. The van der Waals surface area contributed by atoms with Gasteiger partial charge in [0.05, 0.1) is 0 Å². The zero-order valence-electron chi connectivity index (χ0n) is 7.03. The topological polar surface area (TPSA) is 0 Å². The van der Waals surface area contributed by atoms with Gasteiger partial charge in [0.1, 0.15) is 0 Å². The molecule has 0 nitrogen and oxygen atoms in total. The molecule has 0 bridgehead atoms. The Morgan fingerprint density at radius 2 is 0.923 bits per heavy atom. The molecule has 0 saturated heterocycles. The Bertz CT molecular complexity index is 165. The second-order valence-corrected chi connectivity index (χ2v) is 9.88. The summed E-state index contributed by atoms with van der Waals surface area (Å²) in [5.74, 6) is 0. The van der Waals surface area contributed by atoms with E-state index in [-0.39, 0.29) is 15.0 Å². The van der Waals surface area contributed by atoms with Gasteiger partial charge >= 0.3 is 41.3 Å². The fourth-order valence-electron chi connectivity index (χ4n) is 0.642. The normalized spacial score (nSPS) is 7.23. The standard InChI is InChI=1S/2C5H5.2BrH.Ti/c2*1-2-4-5-3-1;;;/h2*1-5H;2*1H;/q2*-1;;;+2/p-2. The fourth-order valence-corrected chi connectivity index (χ4v) is 0.642. The van der Waals surface area contributed by atoms with Crippen LogP contribution in [0.4, 0.5) is 0 Å². The minimum absolute atomic E-state index is 0.125. The number of hydrogen-bond acceptors (Lipinski definition) is 0. The summed E-state index contributed by atoms with van der Waals surface area (Å²) in [6, 6.07) is 20.0. The quantitative estimate of drug-likeness (QED) is 0.490. The molecule has 0 aliphatic carbocycles. The van der Waals surface area contributed by atoms with Crippen molar-refractivity contribution in [1.29, 1.82) is 0 Å². The Hall–Kier alpha value is 0.374. The first-order chi connectivity index (χ1) is 6.41. The van der Waals surface area contributed by atoms with Crippen LogP contribution in [0.5, 0.6) is 0 Å². The minimum Gasteiger partial charge on any atom is -0.214 e. The molecule has 2 aromatic carbocycles. The van der Waals surface area contributed by atoms with Gasteiger partial charge in [-0.05, 0) is 0 Å². The summed E-state index contributed by atoms with van der Waals surface area (Å²) in [5, 5.41) is 0. The molecule has 0 amide bonds. The minimum atomic E-state index is 0.125. The Morgan fingerprint density at radius 3 is 1.00 bits per heavy atom. The maximum absolute atomic E-state index is 3.19. The van der Waals surface area contributed by atoms with Crippen molar-refractivity contribution in [2.45, 2.75) is 0 Å². The van der Waals surface area contributed by atoms with Crippen molar-refractivity contribution in [3.05, 3.63) is 60.7 Å². The summed E-state index contributed by atoms with van der Waals surface area (Å²) in [6.45, 7) is 0. The van der Waals surface area contributed by atoms with Crippen LogP contribution < -0.4 is 0 Å². The van der Waals surface area contributed by atoms with E-state index in [0.717, 1.165) is 0 Å². The van der Waals surface area contributed by atoms with Crippen molar-refractivity contribution in [3.63, 3.8) is 0 Å². The molecule has 2 aromatic rings. The summed E-state index contributed by atoms with van der Waals surface area (Å²) in [7, 11) is 0. The van der Waals surface area contributed by atoms with Crippen molar-refractivity contribution in [2.75, 3.05) is 0 Å². The smallest absolute Gasteiger partial charge is 0.172 e. The van der Waals surface area contributed by atoms with Crippen LogP contribution in [0.1, 0.15) is 0 Å². The molecule has 0 atom stereocenters. The number of halogens is 2. The summed E-state index contributed by atoms with van der Waals surface area (Å²) in [4.78, 5) is 0. The summed E-state index contributed by atoms with van der Waals surface area (Å²) < 4.78 is 0. The fraction of sp³-hybridized carbons (Fsp3) is 0. The molecule has 0 N–H and O–H groups in total. The van der Waals surface area contributed by atoms with Crippen molar-refractivity contribution in [1.82, 2.24) is 0 Å². The molecular formula is C10H10Br2Ti-2. The summed E-state index contributed by atoms with van der Waals surface area (Å²) in [5.41, 5.74) is 0. The van der Waals surface area contributed by atoms with Crippen molar-refractivity contribution >= 4 is 26.3 Å². The van der Waals surface area contributed by atoms with Gasteiger partial charge in [0.25, 0.3) is 0 Å². The second kappa shape index (κ2) is 12.4. The molecule has 0 unspecified atom stereocenters. The van der Waals surface area contributed by atoms with Crippen LogP contribution in [0.3, 0.4) is 0 Å². The van der Waals surface area contributed by atoms with Gasteiger partial charge < -0.3 is 0 Å². The average molecular weight is 338 g/mol. The Labute approximate surface area is 101 Å². The van der Waals surface area contributed by atoms with Gasteiger partial charge in [-0.1, -0.05) is 0 Å². The monoisotopic (exact) mass is 336 g/mol. The Morgan fingerprint density at radius 1 is 0.692 bits per heavy atom. The largest absolute Gasteiger partial charge is 0.214 e. The van der Waals surface area contributed by atoms with Crippen LogP contribution in [-0.2, 0) is 15.0 Å². The molecule has 0 saturated carbocycles. The van der Waals surface area contributed by atoms with Crippen molar-refractivity contribution in [2.24, 2.45) is 0 Å². The molecule has 0 aliphatic heterocycles. The van der Waals surface area contributed by atoms with Crippen LogP contribution in [-0.4, -0.2) is 0 Å². The van der Waals surface area contributed by atoms with E-state index in [9.17, 15) is 0 Å². The SMILES string of the molecule is [Br][Ti][Br].c1cc[cH-]c1.c1cc[cH-]c1. The summed E-state index contributed by atoms with van der Waals surface area (Å²) >= 11 is 6.50. The molecule has 13 heavy (non-hydrogen) atoms. The van der Waals surface area contributed by atoms with E-state index in [0.29, 0.717) is 0 Å². The zero-order valence-corrected chi connectivity index (χ0v) is 11.8. The maximum Gasteiger partial charge on any atom is -0.172 e. The van der Waals surface area contributed by atoms with Gasteiger partial charge in [-0.15, -0.1) is 0 Å². The Balaban J connectivity index is 0.000000174. The third kappa shape index (κ3) is 12.4. The maximum atomic E-state index is 3.19. The van der Waals surface area contributed by atoms with E-state index >= 15 is 0 Å². The van der Waals surface area contributed by atoms with Gasteiger partial charge in [-0.3, -0.25) is 0 Å². The first-order valence-corrected chi connectivity index (χ1v) is 11.4. The van der Waals surface area contributed by atoms with E-state index < -0.39 is 0 Å². The van der Waals surface area contributed by atoms with Crippen LogP contribution in [0, 0.1) is 0 Å². The van der Waals surface area contributed by atoms with Crippen LogP contribution >= 0.6 is 26.3 Å². The second-order valence-electron chi connectivity index (χ2n) is 2.00. The molecule has 3 heteroatoms. The predicted molar refractivity (Wildman–Crippen MR) is 61.9 cm³/mol. The van der Waals surface area contributed by atoms with Gasteiger partial charge in [-0.25, -0.2) is 24.3 Å². The third-order valence-corrected chi connectivity index (χ3v) is 1.11. The number of hydrogen-bond donors (Lipinski definition) is 0. The molecule has 0 heterocycles. The van der Waals surface area contributed by atoms with Crippen LogP contribution in [0.25, 0.3) is 0 Å². The van der Waals surface area contributed by atoms with Gasteiger partial charge in [0.15, 0.2) is 0 Å². The predicted octanol–water partition coefficient (Wildman–Crippen LogP) is 4.50. The van der Waals surface area contributed by atoms with E-state index in [4.69, 9.17) is 0 Å². The van der Waals surface area contributed by atoms with Gasteiger partial charge in [0.2, 0.25) is 0 Å². The zero-order chi connectivity index (χ0) is 9.78. The van der Waals surface area contributed by atoms with E-state index in [1.165, 1.54) is 0 Å². The van der Waals surface area contributed by atoms with Crippen molar-refractivity contribution < 1.29 is 15.0 Å². The van der Waals surface area contributed by atoms with E-state index in [1.54, 1.807) is 0 Å². The first kappa shape index (κ1) is 13.4. The molecule has 2 rings (SSSR count). The van der Waals surface area contributed by atoms with E-state index in [2.05, 4.69) is 26.3 Å². The first-order valence-electron chi connectivity index (χ1n) is 3.71. The third-order valence-electron chi connectivity index (χ3n) is 1.11.